The molecule has 1 atom stereocenters. The minimum absolute atomic E-state index is 0.000877. The molecule has 7 heteroatoms. The topological polar surface area (TPSA) is 70.5 Å². The summed E-state index contributed by atoms with van der Waals surface area (Å²) < 4.78 is 13.5. The molecule has 1 aromatic heterocycles. The number of amides is 1. The van der Waals surface area contributed by atoms with Crippen LogP contribution in [0.3, 0.4) is 0 Å². The van der Waals surface area contributed by atoms with E-state index in [4.69, 9.17) is 11.6 Å². The van der Waals surface area contributed by atoms with Gasteiger partial charge >= 0.3 is 0 Å². The molecule has 3 rings (SSSR count). The highest BCUT2D eigenvalue weighted by molar-refractivity contribution is 6.31. The molecule has 0 spiro atoms. The molecule has 0 saturated heterocycles. The van der Waals surface area contributed by atoms with Gasteiger partial charge in [-0.05, 0) is 29.8 Å². The predicted octanol–water partition coefficient (Wildman–Crippen LogP) is 3.75. The highest BCUT2D eigenvalue weighted by Gasteiger charge is 2.44. The second-order valence-corrected chi connectivity index (χ2v) is 5.91. The van der Waals surface area contributed by atoms with Crippen molar-refractivity contribution in [3.05, 3.63) is 70.5 Å². The molecular formula is C18H14ClFN2O3. The summed E-state index contributed by atoms with van der Waals surface area (Å²) in [6, 6.07) is 6.29. The number of aromatic nitrogens is 1. The van der Waals surface area contributed by atoms with Crippen LogP contribution in [0.15, 0.2) is 54.1 Å². The number of pyridine rings is 1. The van der Waals surface area contributed by atoms with Gasteiger partial charge in [0.2, 0.25) is 0 Å². The summed E-state index contributed by atoms with van der Waals surface area (Å²) in [5.41, 5.74) is 0.828. The van der Waals surface area contributed by atoms with E-state index in [2.05, 4.69) is 4.98 Å². The summed E-state index contributed by atoms with van der Waals surface area (Å²) in [6.07, 6.45) is 3.20. The Hall–Kier alpha value is -2.73. The number of halogens is 2. The number of carbonyl (C=O) groups excluding carboxylic acids is 2. The zero-order chi connectivity index (χ0) is 18.1. The fourth-order valence-corrected chi connectivity index (χ4v) is 3.01. The number of nitrogens with zero attached hydrogens (tertiary/aromatic N) is 2. The van der Waals surface area contributed by atoms with Crippen molar-refractivity contribution in [2.45, 2.75) is 19.4 Å². The number of rotatable bonds is 4. The van der Waals surface area contributed by atoms with Gasteiger partial charge in [-0.2, -0.15) is 0 Å². The average molecular weight is 361 g/mol. The molecule has 0 saturated carbocycles. The van der Waals surface area contributed by atoms with E-state index in [0.29, 0.717) is 5.56 Å². The number of benzene rings is 1. The van der Waals surface area contributed by atoms with Crippen LogP contribution in [0, 0.1) is 5.82 Å². The van der Waals surface area contributed by atoms with E-state index in [1.807, 2.05) is 0 Å². The second-order valence-electron chi connectivity index (χ2n) is 5.50. The van der Waals surface area contributed by atoms with E-state index < -0.39 is 23.5 Å². The van der Waals surface area contributed by atoms with E-state index in [-0.39, 0.29) is 28.5 Å². The summed E-state index contributed by atoms with van der Waals surface area (Å²) >= 11 is 5.83. The molecule has 0 bridgehead atoms. The third-order valence-corrected chi connectivity index (χ3v) is 4.30. The largest absolute Gasteiger partial charge is 0.503 e. The number of hydrogen-bond acceptors (Lipinski definition) is 4. The first kappa shape index (κ1) is 17.1. The Morgan fingerprint density at radius 1 is 1.40 bits per heavy atom. The van der Waals surface area contributed by atoms with Crippen molar-refractivity contribution in [2.75, 3.05) is 4.90 Å². The van der Waals surface area contributed by atoms with Gasteiger partial charge in [0.05, 0.1) is 16.6 Å². The smallest absolute Gasteiger partial charge is 0.294 e. The van der Waals surface area contributed by atoms with Crippen LogP contribution in [0.1, 0.15) is 24.9 Å². The Kier molecular flexibility index (Phi) is 4.55. The van der Waals surface area contributed by atoms with Gasteiger partial charge in [-0.3, -0.25) is 19.5 Å². The molecule has 1 aliphatic heterocycles. The van der Waals surface area contributed by atoms with E-state index in [9.17, 15) is 19.1 Å². The van der Waals surface area contributed by atoms with Crippen molar-refractivity contribution in [1.29, 1.82) is 0 Å². The van der Waals surface area contributed by atoms with Crippen molar-refractivity contribution in [1.82, 2.24) is 4.98 Å². The van der Waals surface area contributed by atoms with Crippen LogP contribution >= 0.6 is 11.6 Å². The summed E-state index contributed by atoms with van der Waals surface area (Å²) in [4.78, 5) is 30.2. The Labute approximate surface area is 148 Å². The van der Waals surface area contributed by atoms with Crippen LogP contribution in [-0.2, 0) is 9.59 Å². The van der Waals surface area contributed by atoms with Gasteiger partial charge in [0.25, 0.3) is 5.91 Å². The standard InChI is InChI=1S/C18H14ClFN2O3/c1-2-14(23)15-16(10-4-3-7-21-9-10)22(18(25)17(15)24)11-5-6-13(20)12(19)8-11/h3-9,16,24H,2H2,1H3. The highest BCUT2D eigenvalue weighted by Crippen LogP contribution is 2.41. The summed E-state index contributed by atoms with van der Waals surface area (Å²) in [5, 5.41) is 10.1. The fourth-order valence-electron chi connectivity index (χ4n) is 2.83. The maximum absolute atomic E-state index is 13.5. The molecular weight excluding hydrogens is 347 g/mol. The molecule has 1 aliphatic rings. The molecule has 1 unspecified atom stereocenters. The molecule has 5 nitrogen and oxygen atoms in total. The second kappa shape index (κ2) is 6.64. The zero-order valence-corrected chi connectivity index (χ0v) is 14.0. The normalized spacial score (nSPS) is 17.3. The third-order valence-electron chi connectivity index (χ3n) is 4.01. The Bertz CT molecular complexity index is 883. The first-order chi connectivity index (χ1) is 12.0. The van der Waals surface area contributed by atoms with E-state index >= 15 is 0 Å². The summed E-state index contributed by atoms with van der Waals surface area (Å²) in [7, 11) is 0. The first-order valence-electron chi connectivity index (χ1n) is 7.60. The Morgan fingerprint density at radius 3 is 2.76 bits per heavy atom. The average Bonchev–Trinajstić information content (AvgIpc) is 2.89. The zero-order valence-electron chi connectivity index (χ0n) is 13.2. The van der Waals surface area contributed by atoms with Crippen molar-refractivity contribution in [3.8, 4) is 0 Å². The van der Waals surface area contributed by atoms with Crippen LogP contribution in [-0.4, -0.2) is 21.8 Å². The SMILES string of the molecule is CCC(=O)C1=C(O)C(=O)N(c2ccc(F)c(Cl)c2)C1c1cccnc1. The highest BCUT2D eigenvalue weighted by atomic mass is 35.5. The van der Waals surface area contributed by atoms with Gasteiger partial charge in [-0.25, -0.2) is 4.39 Å². The molecule has 0 fully saturated rings. The lowest BCUT2D eigenvalue weighted by Crippen LogP contribution is -2.31. The molecule has 1 amide bonds. The number of anilines is 1. The number of ketones is 1. The number of aliphatic hydroxyl groups excluding tert-OH is 1. The molecule has 2 heterocycles. The van der Waals surface area contributed by atoms with Gasteiger partial charge in [0, 0.05) is 24.5 Å². The van der Waals surface area contributed by atoms with Gasteiger partial charge in [-0.15, -0.1) is 0 Å². The minimum atomic E-state index is -0.852. The molecule has 1 aromatic carbocycles. The lowest BCUT2D eigenvalue weighted by Gasteiger charge is -2.26. The maximum Gasteiger partial charge on any atom is 0.294 e. The quantitative estimate of drug-likeness (QED) is 0.901. The number of hydrogen-bond donors (Lipinski definition) is 1. The van der Waals surface area contributed by atoms with Gasteiger partial charge in [0.1, 0.15) is 5.82 Å². The molecule has 0 aliphatic carbocycles. The van der Waals surface area contributed by atoms with Crippen molar-refractivity contribution < 1.29 is 19.1 Å². The van der Waals surface area contributed by atoms with Crippen LogP contribution in [0.2, 0.25) is 5.02 Å². The van der Waals surface area contributed by atoms with Gasteiger partial charge in [0.15, 0.2) is 11.5 Å². The fraction of sp³-hybridized carbons (Fsp3) is 0.167. The van der Waals surface area contributed by atoms with Crippen molar-refractivity contribution in [3.63, 3.8) is 0 Å². The van der Waals surface area contributed by atoms with Gasteiger partial charge in [-0.1, -0.05) is 24.6 Å². The number of carbonyl (C=O) groups is 2. The van der Waals surface area contributed by atoms with Crippen LogP contribution in [0.5, 0.6) is 0 Å². The Morgan fingerprint density at radius 2 is 2.16 bits per heavy atom. The molecule has 0 radical (unpaired) electrons. The van der Waals surface area contributed by atoms with Crippen molar-refractivity contribution >= 4 is 29.0 Å². The molecule has 128 valence electrons. The van der Waals surface area contributed by atoms with E-state index in [0.717, 1.165) is 6.07 Å². The third kappa shape index (κ3) is 2.89. The first-order valence-corrected chi connectivity index (χ1v) is 7.98. The predicted molar refractivity (Wildman–Crippen MR) is 90.8 cm³/mol. The molecule has 2 aromatic rings. The van der Waals surface area contributed by atoms with E-state index in [1.165, 1.54) is 23.2 Å². The number of Topliss-reactive ketones (excluding diaryl/α,β-unsaturated/α-hetero) is 1. The summed E-state index contributed by atoms with van der Waals surface area (Å²) in [5.74, 6) is -2.33. The van der Waals surface area contributed by atoms with Crippen LogP contribution in [0.25, 0.3) is 0 Å². The molecule has 1 N–H and O–H groups in total. The van der Waals surface area contributed by atoms with Crippen LogP contribution < -0.4 is 4.90 Å². The molecule has 25 heavy (non-hydrogen) atoms. The van der Waals surface area contributed by atoms with Gasteiger partial charge < -0.3 is 5.11 Å². The number of aliphatic hydroxyl groups is 1. The maximum atomic E-state index is 13.5. The van der Waals surface area contributed by atoms with Crippen molar-refractivity contribution in [2.24, 2.45) is 0 Å². The van der Waals surface area contributed by atoms with E-state index in [1.54, 1.807) is 25.3 Å². The Balaban J connectivity index is 2.18. The monoisotopic (exact) mass is 360 g/mol. The summed E-state index contributed by atoms with van der Waals surface area (Å²) in [6.45, 7) is 1.64. The lowest BCUT2D eigenvalue weighted by atomic mass is 9.96. The van der Waals surface area contributed by atoms with Crippen LogP contribution in [0.4, 0.5) is 10.1 Å². The minimum Gasteiger partial charge on any atom is -0.503 e. The lowest BCUT2D eigenvalue weighted by molar-refractivity contribution is -0.118.